The van der Waals surface area contributed by atoms with Crippen LogP contribution in [-0.2, 0) is 6.18 Å². The zero-order valence-corrected chi connectivity index (χ0v) is 23.0. The molecule has 3 aromatic carbocycles. The first-order valence-corrected chi connectivity index (χ1v) is 13.1. The van der Waals surface area contributed by atoms with Gasteiger partial charge in [0, 0.05) is 40.8 Å². The maximum absolute atomic E-state index is 13.2. The molecule has 9 nitrogen and oxygen atoms in total. The molecule has 13 heteroatoms. The number of rotatable bonds is 8. The second-order valence-electron chi connectivity index (χ2n) is 8.95. The summed E-state index contributed by atoms with van der Waals surface area (Å²) in [4.78, 5) is 35.3. The number of halogens is 3. The van der Waals surface area contributed by atoms with E-state index < -0.39 is 23.6 Å². The first kappa shape index (κ1) is 29.4. The van der Waals surface area contributed by atoms with Gasteiger partial charge >= 0.3 is 6.18 Å². The lowest BCUT2D eigenvalue weighted by molar-refractivity contribution is -0.137. The number of aryl methyl sites for hydroxylation is 2. The first-order chi connectivity index (χ1) is 19.5. The molecule has 1 aromatic heterocycles. The second kappa shape index (κ2) is 12.3. The number of nitrogens with two attached hydrogens (primary N) is 1. The lowest BCUT2D eigenvalue weighted by atomic mass is 10.1. The third kappa shape index (κ3) is 7.13. The van der Waals surface area contributed by atoms with Crippen molar-refractivity contribution in [3.63, 3.8) is 0 Å². The fourth-order valence-corrected chi connectivity index (χ4v) is 4.25. The molecule has 0 aliphatic carbocycles. The Balaban J connectivity index is 1.50. The third-order valence-electron chi connectivity index (χ3n) is 6.04. The highest BCUT2D eigenvalue weighted by atomic mass is 32.2. The van der Waals surface area contributed by atoms with Gasteiger partial charge in [-0.1, -0.05) is 18.2 Å². The first-order valence-electron chi connectivity index (χ1n) is 12.2. The fraction of sp³-hybridized carbons (Fsp3) is 0.143. The second-order valence-corrected chi connectivity index (χ2v) is 9.62. The predicted octanol–water partition coefficient (Wildman–Crippen LogP) is 6.37. The number of carbonyl (C=O) groups is 2. The number of alkyl halides is 3. The number of nitrogens with zero attached hydrogens (tertiary/aromatic N) is 2. The van der Waals surface area contributed by atoms with Crippen LogP contribution in [0, 0.1) is 13.8 Å². The Labute approximate surface area is 238 Å². The molecule has 0 spiro atoms. The van der Waals surface area contributed by atoms with Gasteiger partial charge in [0.25, 0.3) is 11.8 Å². The van der Waals surface area contributed by atoms with E-state index in [9.17, 15) is 22.8 Å². The number of aromatic nitrogens is 2. The summed E-state index contributed by atoms with van der Waals surface area (Å²) in [7, 11) is 1.62. The van der Waals surface area contributed by atoms with Crippen molar-refractivity contribution >= 4 is 52.6 Å². The maximum Gasteiger partial charge on any atom is 0.416 e. The highest BCUT2D eigenvalue weighted by Gasteiger charge is 2.31. The van der Waals surface area contributed by atoms with Gasteiger partial charge in [-0.25, -0.2) is 4.98 Å². The van der Waals surface area contributed by atoms with E-state index in [2.05, 4.69) is 31.2 Å². The summed E-state index contributed by atoms with van der Waals surface area (Å²) in [5, 5.41) is 17.0. The Bertz CT molecular complexity index is 1610. The zero-order chi connectivity index (χ0) is 29.7. The van der Waals surface area contributed by atoms with Crippen molar-refractivity contribution in [3.05, 3.63) is 94.7 Å². The van der Waals surface area contributed by atoms with E-state index in [-0.39, 0.29) is 28.6 Å². The van der Waals surface area contributed by atoms with Crippen molar-refractivity contribution in [2.45, 2.75) is 24.9 Å². The topological polar surface area (TPSA) is 134 Å². The van der Waals surface area contributed by atoms with Crippen molar-refractivity contribution in [2.24, 2.45) is 5.14 Å². The number of nitrogens with one attached hydrogen (secondary N) is 4. The average molecular weight is 582 g/mol. The number of anilines is 5. The SMILES string of the molecule is CNc1nc(Nc2ccc(C)c(SN)c2)ncc1C(=O)Nc1cc(NC(=O)c2cccc(C(F)(F)F)c2)ccc1C. The van der Waals surface area contributed by atoms with Gasteiger partial charge in [0.15, 0.2) is 0 Å². The highest BCUT2D eigenvalue weighted by molar-refractivity contribution is 7.97. The van der Waals surface area contributed by atoms with E-state index in [4.69, 9.17) is 5.14 Å². The molecule has 212 valence electrons. The summed E-state index contributed by atoms with van der Waals surface area (Å²) in [6.45, 7) is 3.70. The number of carbonyl (C=O) groups excluding carboxylic acids is 2. The Hall–Kier alpha value is -4.62. The molecule has 6 N–H and O–H groups in total. The Morgan fingerprint density at radius 1 is 0.902 bits per heavy atom. The zero-order valence-electron chi connectivity index (χ0n) is 22.2. The molecule has 0 atom stereocenters. The Morgan fingerprint density at radius 3 is 2.34 bits per heavy atom. The minimum atomic E-state index is -4.57. The lowest BCUT2D eigenvalue weighted by Gasteiger charge is -2.14. The van der Waals surface area contributed by atoms with Gasteiger partial charge in [0.05, 0.1) is 5.56 Å². The normalized spacial score (nSPS) is 11.1. The highest BCUT2D eigenvalue weighted by Crippen LogP contribution is 2.30. The molecular weight excluding hydrogens is 555 g/mol. The maximum atomic E-state index is 13.2. The van der Waals surface area contributed by atoms with Crippen LogP contribution in [0.3, 0.4) is 0 Å². The molecule has 0 saturated carbocycles. The van der Waals surface area contributed by atoms with Gasteiger partial charge < -0.3 is 21.3 Å². The number of amides is 2. The molecule has 1 heterocycles. The standard InChI is InChI=1S/C28H26F3N7O2S/c1-15-7-9-19(35-25(39)17-5-4-6-18(11-17)28(29,30)31)12-22(15)37-26(40)21-14-34-27(38-24(21)33-3)36-20-10-8-16(2)23(13-20)41-32/h4-14H,32H2,1-3H3,(H,35,39)(H,37,40)(H2,33,34,36,38). The average Bonchev–Trinajstić information content (AvgIpc) is 2.95. The number of hydrogen-bond acceptors (Lipinski definition) is 8. The van der Waals surface area contributed by atoms with E-state index in [1.165, 1.54) is 18.3 Å². The number of hydrogen-bond donors (Lipinski definition) is 5. The largest absolute Gasteiger partial charge is 0.416 e. The molecule has 0 unspecified atom stereocenters. The molecule has 0 bridgehead atoms. The summed E-state index contributed by atoms with van der Waals surface area (Å²) in [6, 6.07) is 14.5. The fourth-order valence-electron chi connectivity index (χ4n) is 3.80. The van der Waals surface area contributed by atoms with Crippen LogP contribution in [0.25, 0.3) is 0 Å². The van der Waals surface area contributed by atoms with Crippen molar-refractivity contribution in [1.82, 2.24) is 9.97 Å². The summed E-state index contributed by atoms with van der Waals surface area (Å²) >= 11 is 1.13. The quantitative estimate of drug-likeness (QED) is 0.152. The van der Waals surface area contributed by atoms with E-state index in [1.54, 1.807) is 26.1 Å². The van der Waals surface area contributed by atoms with E-state index >= 15 is 0 Å². The van der Waals surface area contributed by atoms with Crippen LogP contribution in [0.5, 0.6) is 0 Å². The van der Waals surface area contributed by atoms with Crippen LogP contribution in [0.1, 0.15) is 37.4 Å². The summed E-state index contributed by atoms with van der Waals surface area (Å²) in [5.41, 5.74) is 2.19. The molecule has 2 amide bonds. The molecule has 0 aliphatic heterocycles. The van der Waals surface area contributed by atoms with Gasteiger partial charge in [-0.2, -0.15) is 18.2 Å². The number of benzene rings is 3. The van der Waals surface area contributed by atoms with Crippen molar-refractivity contribution in [2.75, 3.05) is 28.3 Å². The van der Waals surface area contributed by atoms with E-state index in [0.717, 1.165) is 46.3 Å². The summed E-state index contributed by atoms with van der Waals surface area (Å²) in [6.07, 6.45) is -3.20. The predicted molar refractivity (Wildman–Crippen MR) is 155 cm³/mol. The van der Waals surface area contributed by atoms with Crippen molar-refractivity contribution in [3.8, 4) is 0 Å². The van der Waals surface area contributed by atoms with Crippen molar-refractivity contribution < 1.29 is 22.8 Å². The molecule has 0 aliphatic rings. The van der Waals surface area contributed by atoms with Crippen LogP contribution in [0.2, 0.25) is 0 Å². The summed E-state index contributed by atoms with van der Waals surface area (Å²) in [5.74, 6) is -0.704. The van der Waals surface area contributed by atoms with Crippen LogP contribution < -0.4 is 26.4 Å². The monoisotopic (exact) mass is 581 g/mol. The van der Waals surface area contributed by atoms with E-state index in [0.29, 0.717) is 11.3 Å². The van der Waals surface area contributed by atoms with Gasteiger partial charge in [-0.05, 0) is 79.4 Å². The molecular formula is C28H26F3N7O2S. The van der Waals surface area contributed by atoms with Crippen molar-refractivity contribution in [1.29, 1.82) is 0 Å². The van der Waals surface area contributed by atoms with Crippen LogP contribution in [-0.4, -0.2) is 28.8 Å². The Morgan fingerprint density at radius 2 is 1.63 bits per heavy atom. The summed E-state index contributed by atoms with van der Waals surface area (Å²) < 4.78 is 39.1. The van der Waals surface area contributed by atoms with Gasteiger partial charge in [0.2, 0.25) is 5.95 Å². The minimum absolute atomic E-state index is 0.154. The third-order valence-corrected chi connectivity index (χ3v) is 6.73. The van der Waals surface area contributed by atoms with Gasteiger partial charge in [-0.3, -0.25) is 14.7 Å². The van der Waals surface area contributed by atoms with E-state index in [1.807, 2.05) is 25.1 Å². The molecule has 4 aromatic rings. The van der Waals surface area contributed by atoms with Gasteiger partial charge in [-0.15, -0.1) is 0 Å². The molecule has 4 rings (SSSR count). The molecule has 0 saturated heterocycles. The van der Waals surface area contributed by atoms with Crippen LogP contribution in [0.4, 0.5) is 42.0 Å². The van der Waals surface area contributed by atoms with Gasteiger partial charge in [0.1, 0.15) is 11.4 Å². The van der Waals surface area contributed by atoms with Crippen LogP contribution in [0.15, 0.2) is 71.8 Å². The molecule has 0 fully saturated rings. The smallest absolute Gasteiger partial charge is 0.372 e. The Kier molecular flexibility index (Phi) is 8.79. The lowest BCUT2D eigenvalue weighted by Crippen LogP contribution is -2.17. The molecule has 0 radical (unpaired) electrons. The molecule has 41 heavy (non-hydrogen) atoms. The van der Waals surface area contributed by atoms with Crippen LogP contribution >= 0.6 is 11.9 Å². The minimum Gasteiger partial charge on any atom is -0.372 e.